The Morgan fingerprint density at radius 2 is 2.07 bits per heavy atom. The van der Waals surface area contributed by atoms with Crippen molar-refractivity contribution in [3.63, 3.8) is 0 Å². The van der Waals surface area contributed by atoms with Crippen LogP contribution in [-0.4, -0.2) is 68.2 Å². The molecule has 1 amide bonds. The Balaban J connectivity index is 1.75. The minimum Gasteiger partial charge on any atom is -0.497 e. The van der Waals surface area contributed by atoms with Crippen molar-refractivity contribution in [2.75, 3.05) is 45.8 Å². The van der Waals surface area contributed by atoms with E-state index in [4.69, 9.17) is 14.2 Å². The Kier molecular flexibility index (Phi) is 6.94. The summed E-state index contributed by atoms with van der Waals surface area (Å²) in [4.78, 5) is 41.9. The quantitative estimate of drug-likeness (QED) is 0.665. The van der Waals surface area contributed by atoms with Gasteiger partial charge in [-0.2, -0.15) is 0 Å². The van der Waals surface area contributed by atoms with Gasteiger partial charge in [-0.3, -0.25) is 14.5 Å². The van der Waals surface area contributed by atoms with Gasteiger partial charge in [0.15, 0.2) is 0 Å². The molecule has 1 aliphatic heterocycles. The molecule has 30 heavy (non-hydrogen) atoms. The van der Waals surface area contributed by atoms with E-state index < -0.39 is 5.97 Å². The van der Waals surface area contributed by atoms with Crippen LogP contribution in [0.1, 0.15) is 30.3 Å². The molecular weight excluding hydrogens is 390 g/mol. The van der Waals surface area contributed by atoms with Crippen LogP contribution in [0, 0.1) is 5.92 Å². The molecule has 0 radical (unpaired) electrons. The minimum absolute atomic E-state index is 0.110. The van der Waals surface area contributed by atoms with Gasteiger partial charge in [0, 0.05) is 18.0 Å². The lowest BCUT2D eigenvalue weighted by Crippen LogP contribution is -2.43. The van der Waals surface area contributed by atoms with Crippen molar-refractivity contribution in [1.29, 1.82) is 0 Å². The Morgan fingerprint density at radius 1 is 1.27 bits per heavy atom. The number of aromatic nitrogens is 1. The highest BCUT2D eigenvalue weighted by Crippen LogP contribution is 2.31. The maximum atomic E-state index is 12.8. The number of piperidine rings is 1. The summed E-state index contributed by atoms with van der Waals surface area (Å²) in [5.74, 6) is -0.683. The predicted octanol–water partition coefficient (Wildman–Crippen LogP) is 2.18. The van der Waals surface area contributed by atoms with E-state index in [1.165, 1.54) is 7.11 Å². The van der Waals surface area contributed by atoms with E-state index >= 15 is 0 Å². The summed E-state index contributed by atoms with van der Waals surface area (Å²) in [6.07, 6.45) is 1.57. The summed E-state index contributed by atoms with van der Waals surface area (Å²) < 4.78 is 15.2. The molecule has 1 fully saturated rings. The fourth-order valence-corrected chi connectivity index (χ4v) is 3.72. The lowest BCUT2D eigenvalue weighted by atomic mass is 9.98. The lowest BCUT2D eigenvalue weighted by Gasteiger charge is -2.30. The number of anilines is 1. The SMILES string of the molecule is CCOC(=O)[C@@H]1CCCN(CC(=O)Nc2c(C(=O)OC)[nH]c3cc(OC)ccc23)C1. The van der Waals surface area contributed by atoms with E-state index in [-0.39, 0.29) is 30.0 Å². The number of likely N-dealkylation sites (tertiary alicyclic amines) is 1. The Bertz CT molecular complexity index is 938. The van der Waals surface area contributed by atoms with E-state index in [0.29, 0.717) is 35.5 Å². The summed E-state index contributed by atoms with van der Waals surface area (Å²) in [7, 11) is 2.83. The molecule has 0 unspecified atom stereocenters. The second kappa shape index (κ2) is 9.62. The van der Waals surface area contributed by atoms with E-state index in [1.807, 2.05) is 4.90 Å². The molecular formula is C21H27N3O6. The van der Waals surface area contributed by atoms with Gasteiger partial charge in [0.25, 0.3) is 0 Å². The standard InChI is InChI=1S/C21H27N3O6/c1-4-30-20(26)13-6-5-9-24(11-13)12-17(25)23-18-15-8-7-14(28-2)10-16(15)22-19(18)21(27)29-3/h7-8,10,13,22H,4-6,9,11-12H2,1-3H3,(H,23,25)/t13-/m1/s1. The highest BCUT2D eigenvalue weighted by Gasteiger charge is 2.28. The second-order valence-electron chi connectivity index (χ2n) is 7.15. The smallest absolute Gasteiger partial charge is 0.356 e. The van der Waals surface area contributed by atoms with Crippen molar-refractivity contribution in [2.24, 2.45) is 5.92 Å². The number of fused-ring (bicyclic) bond motifs is 1. The van der Waals surface area contributed by atoms with Crippen molar-refractivity contribution in [2.45, 2.75) is 19.8 Å². The van der Waals surface area contributed by atoms with Gasteiger partial charge in [0.05, 0.1) is 44.5 Å². The predicted molar refractivity (Wildman–Crippen MR) is 111 cm³/mol. The van der Waals surface area contributed by atoms with Crippen molar-refractivity contribution in [3.8, 4) is 5.75 Å². The van der Waals surface area contributed by atoms with Gasteiger partial charge >= 0.3 is 11.9 Å². The number of hydrogen-bond donors (Lipinski definition) is 2. The molecule has 9 heteroatoms. The minimum atomic E-state index is -0.583. The molecule has 3 rings (SSSR count). The van der Waals surface area contributed by atoms with Crippen LogP contribution in [0.15, 0.2) is 18.2 Å². The molecule has 162 valence electrons. The number of H-pyrrole nitrogens is 1. The highest BCUT2D eigenvalue weighted by molar-refractivity contribution is 6.11. The number of carbonyl (C=O) groups excluding carboxylic acids is 3. The van der Waals surface area contributed by atoms with Gasteiger partial charge < -0.3 is 24.5 Å². The summed E-state index contributed by atoms with van der Waals surface area (Å²) in [5.41, 5.74) is 1.17. The van der Waals surface area contributed by atoms with Crippen molar-refractivity contribution < 1.29 is 28.6 Å². The number of nitrogens with one attached hydrogen (secondary N) is 2. The van der Waals surface area contributed by atoms with Gasteiger partial charge in [-0.25, -0.2) is 4.79 Å². The van der Waals surface area contributed by atoms with Crippen LogP contribution in [0.5, 0.6) is 5.75 Å². The maximum Gasteiger partial charge on any atom is 0.356 e. The van der Waals surface area contributed by atoms with Crippen LogP contribution < -0.4 is 10.1 Å². The molecule has 2 heterocycles. The maximum absolute atomic E-state index is 12.8. The molecule has 1 atom stereocenters. The van der Waals surface area contributed by atoms with Gasteiger partial charge in [-0.15, -0.1) is 0 Å². The average Bonchev–Trinajstić information content (AvgIpc) is 3.10. The van der Waals surface area contributed by atoms with E-state index in [1.54, 1.807) is 32.2 Å². The first-order valence-electron chi connectivity index (χ1n) is 9.93. The average molecular weight is 417 g/mol. The monoisotopic (exact) mass is 417 g/mol. The van der Waals surface area contributed by atoms with Gasteiger partial charge in [-0.05, 0) is 38.4 Å². The van der Waals surface area contributed by atoms with Crippen LogP contribution in [0.3, 0.4) is 0 Å². The van der Waals surface area contributed by atoms with Crippen LogP contribution in [0.4, 0.5) is 5.69 Å². The zero-order valence-corrected chi connectivity index (χ0v) is 17.4. The summed E-state index contributed by atoms with van der Waals surface area (Å²) >= 11 is 0. The number of hydrogen-bond acceptors (Lipinski definition) is 7. The van der Waals surface area contributed by atoms with Crippen LogP contribution in [0.25, 0.3) is 10.9 Å². The molecule has 0 aliphatic carbocycles. The number of methoxy groups -OCH3 is 2. The Hall–Kier alpha value is -3.07. The first kappa shape index (κ1) is 21.6. The van der Waals surface area contributed by atoms with E-state index in [0.717, 1.165) is 19.4 Å². The largest absolute Gasteiger partial charge is 0.497 e. The third-order valence-electron chi connectivity index (χ3n) is 5.15. The topological polar surface area (TPSA) is 110 Å². The normalized spacial score (nSPS) is 16.8. The van der Waals surface area contributed by atoms with Gasteiger partial charge in [-0.1, -0.05) is 0 Å². The first-order chi connectivity index (χ1) is 14.5. The van der Waals surface area contributed by atoms with Crippen molar-refractivity contribution in [3.05, 3.63) is 23.9 Å². The second-order valence-corrected chi connectivity index (χ2v) is 7.15. The third kappa shape index (κ3) is 4.73. The lowest BCUT2D eigenvalue weighted by molar-refractivity contribution is -0.150. The summed E-state index contributed by atoms with van der Waals surface area (Å²) in [6.45, 7) is 3.43. The molecule has 1 saturated heterocycles. The molecule has 2 aromatic rings. The number of amides is 1. The highest BCUT2D eigenvalue weighted by atomic mass is 16.5. The summed E-state index contributed by atoms with van der Waals surface area (Å²) in [6, 6.07) is 5.26. The molecule has 0 saturated carbocycles. The Labute approximate surface area is 174 Å². The number of ether oxygens (including phenoxy) is 3. The first-order valence-corrected chi connectivity index (χ1v) is 9.93. The van der Waals surface area contributed by atoms with Crippen LogP contribution in [0.2, 0.25) is 0 Å². The molecule has 0 spiro atoms. The molecule has 1 aromatic heterocycles. The fourth-order valence-electron chi connectivity index (χ4n) is 3.72. The molecule has 1 aliphatic rings. The summed E-state index contributed by atoms with van der Waals surface area (Å²) in [5, 5.41) is 3.51. The Morgan fingerprint density at radius 3 is 2.77 bits per heavy atom. The van der Waals surface area contributed by atoms with Crippen molar-refractivity contribution >= 4 is 34.4 Å². The van der Waals surface area contributed by atoms with E-state index in [2.05, 4.69) is 10.3 Å². The van der Waals surface area contributed by atoms with Crippen LogP contribution in [-0.2, 0) is 19.1 Å². The van der Waals surface area contributed by atoms with Gasteiger partial charge in [0.1, 0.15) is 11.4 Å². The molecule has 9 nitrogen and oxygen atoms in total. The zero-order valence-electron chi connectivity index (χ0n) is 17.4. The molecule has 0 bridgehead atoms. The fraction of sp³-hybridized carbons (Fsp3) is 0.476. The van der Waals surface area contributed by atoms with Crippen LogP contribution >= 0.6 is 0 Å². The number of nitrogens with zero attached hydrogens (tertiary/aromatic N) is 1. The zero-order chi connectivity index (χ0) is 21.7. The number of carbonyl (C=O) groups is 3. The number of benzene rings is 1. The number of aromatic amines is 1. The molecule has 2 N–H and O–H groups in total. The molecule has 1 aromatic carbocycles. The van der Waals surface area contributed by atoms with E-state index in [9.17, 15) is 14.4 Å². The van der Waals surface area contributed by atoms with Crippen molar-refractivity contribution in [1.82, 2.24) is 9.88 Å². The third-order valence-corrected chi connectivity index (χ3v) is 5.15. The van der Waals surface area contributed by atoms with Gasteiger partial charge in [0.2, 0.25) is 5.91 Å². The number of esters is 2. The number of rotatable bonds is 7.